The maximum absolute atomic E-state index is 10.7. The van der Waals surface area contributed by atoms with Gasteiger partial charge in [0.05, 0.1) is 5.92 Å². The molecule has 11 heavy (non-hydrogen) atoms. The van der Waals surface area contributed by atoms with Crippen molar-refractivity contribution in [2.24, 2.45) is 11.8 Å². The highest BCUT2D eigenvalue weighted by molar-refractivity contribution is 5.71. The molecule has 2 heterocycles. The molecule has 0 radical (unpaired) electrons. The Kier molecular flexibility index (Phi) is 1.60. The van der Waals surface area contributed by atoms with Crippen molar-refractivity contribution < 1.29 is 9.90 Å². The van der Waals surface area contributed by atoms with Crippen molar-refractivity contribution in [1.29, 1.82) is 0 Å². The summed E-state index contributed by atoms with van der Waals surface area (Å²) in [7, 11) is 0. The average molecular weight is 155 g/mol. The van der Waals surface area contributed by atoms with Crippen molar-refractivity contribution in [3.05, 3.63) is 0 Å². The van der Waals surface area contributed by atoms with E-state index in [0.717, 1.165) is 19.4 Å². The van der Waals surface area contributed by atoms with Gasteiger partial charge < -0.3 is 10.4 Å². The molecule has 1 aliphatic carbocycles. The molecule has 3 nitrogen and oxygen atoms in total. The van der Waals surface area contributed by atoms with Crippen LogP contribution in [0.4, 0.5) is 0 Å². The monoisotopic (exact) mass is 155 g/mol. The zero-order valence-corrected chi connectivity index (χ0v) is 6.42. The van der Waals surface area contributed by atoms with E-state index in [4.69, 9.17) is 5.11 Å². The lowest BCUT2D eigenvalue weighted by atomic mass is 9.74. The van der Waals surface area contributed by atoms with E-state index < -0.39 is 5.97 Å². The minimum Gasteiger partial charge on any atom is -0.481 e. The van der Waals surface area contributed by atoms with Crippen LogP contribution < -0.4 is 5.32 Å². The normalized spacial score (nSPS) is 42.4. The van der Waals surface area contributed by atoms with E-state index in [1.165, 1.54) is 6.42 Å². The highest BCUT2D eigenvalue weighted by Crippen LogP contribution is 2.33. The van der Waals surface area contributed by atoms with Gasteiger partial charge in [0.15, 0.2) is 0 Å². The summed E-state index contributed by atoms with van der Waals surface area (Å²) < 4.78 is 0. The maximum Gasteiger partial charge on any atom is 0.308 e. The van der Waals surface area contributed by atoms with E-state index in [-0.39, 0.29) is 12.0 Å². The molecule has 3 atom stereocenters. The first kappa shape index (κ1) is 7.10. The van der Waals surface area contributed by atoms with Crippen LogP contribution in [0.2, 0.25) is 0 Å². The standard InChI is InChI=1S/C8H13NO2/c10-8(11)6-3-5-1-2-7(6)9-4-5/h5-7,9H,1-4H2,(H,10,11)/t5-,6+,7+/m0/s1. The Morgan fingerprint density at radius 1 is 1.45 bits per heavy atom. The van der Waals surface area contributed by atoms with Crippen LogP contribution in [0.15, 0.2) is 0 Å². The molecule has 3 rings (SSSR count). The molecule has 62 valence electrons. The SMILES string of the molecule is O=C(O)[C@@H]1C[C@@H]2CC[C@H]1NC2. The summed E-state index contributed by atoms with van der Waals surface area (Å²) in [5.41, 5.74) is 0. The van der Waals surface area contributed by atoms with E-state index in [1.54, 1.807) is 0 Å². The van der Waals surface area contributed by atoms with Crippen LogP contribution in [-0.4, -0.2) is 23.7 Å². The lowest BCUT2D eigenvalue weighted by Gasteiger charge is -2.41. The molecule has 3 aliphatic rings. The minimum absolute atomic E-state index is 0.109. The summed E-state index contributed by atoms with van der Waals surface area (Å²) in [4.78, 5) is 10.7. The first-order valence-electron chi connectivity index (χ1n) is 4.23. The molecular formula is C8H13NO2. The molecule has 0 aromatic rings. The van der Waals surface area contributed by atoms with Crippen LogP contribution in [-0.2, 0) is 4.79 Å². The van der Waals surface area contributed by atoms with Gasteiger partial charge in [0, 0.05) is 6.04 Å². The highest BCUT2D eigenvalue weighted by atomic mass is 16.4. The number of carboxylic acid groups (broad SMARTS) is 1. The van der Waals surface area contributed by atoms with Crippen LogP contribution in [0, 0.1) is 11.8 Å². The molecule has 3 heteroatoms. The summed E-state index contributed by atoms with van der Waals surface area (Å²) in [5, 5.41) is 12.1. The number of aliphatic carboxylic acids is 1. The number of hydrogen-bond donors (Lipinski definition) is 2. The Morgan fingerprint density at radius 2 is 2.27 bits per heavy atom. The quantitative estimate of drug-likeness (QED) is 0.578. The fourth-order valence-electron chi connectivity index (χ4n) is 2.28. The molecule has 3 fully saturated rings. The van der Waals surface area contributed by atoms with Crippen LogP contribution in [0.1, 0.15) is 19.3 Å². The lowest BCUT2D eigenvalue weighted by molar-refractivity contribution is -0.145. The number of carbonyl (C=O) groups is 1. The van der Waals surface area contributed by atoms with E-state index in [1.807, 2.05) is 0 Å². The van der Waals surface area contributed by atoms with Crippen LogP contribution in [0.3, 0.4) is 0 Å². The average Bonchev–Trinajstić information content (AvgIpc) is 2.06. The smallest absolute Gasteiger partial charge is 0.308 e. The predicted molar refractivity (Wildman–Crippen MR) is 40.3 cm³/mol. The van der Waals surface area contributed by atoms with Crippen molar-refractivity contribution in [3.63, 3.8) is 0 Å². The molecule has 2 N–H and O–H groups in total. The Labute approximate surface area is 65.8 Å². The van der Waals surface area contributed by atoms with Gasteiger partial charge in [-0.25, -0.2) is 0 Å². The van der Waals surface area contributed by atoms with Crippen molar-refractivity contribution in [3.8, 4) is 0 Å². The topological polar surface area (TPSA) is 49.3 Å². The number of fused-ring (bicyclic) bond motifs is 3. The fourth-order valence-corrected chi connectivity index (χ4v) is 2.28. The molecule has 0 unspecified atom stereocenters. The van der Waals surface area contributed by atoms with Gasteiger partial charge >= 0.3 is 5.97 Å². The van der Waals surface area contributed by atoms with E-state index in [9.17, 15) is 4.79 Å². The number of nitrogens with one attached hydrogen (secondary N) is 1. The van der Waals surface area contributed by atoms with Crippen molar-refractivity contribution in [2.75, 3.05) is 6.54 Å². The van der Waals surface area contributed by atoms with Crippen molar-refractivity contribution in [1.82, 2.24) is 5.32 Å². The summed E-state index contributed by atoms with van der Waals surface area (Å²) in [6, 6.07) is 0.262. The van der Waals surface area contributed by atoms with Crippen LogP contribution in [0.25, 0.3) is 0 Å². The second-order valence-corrected chi connectivity index (χ2v) is 3.64. The summed E-state index contributed by atoms with van der Waals surface area (Å²) in [6.45, 7) is 1.04. The lowest BCUT2D eigenvalue weighted by Crippen LogP contribution is -2.52. The minimum atomic E-state index is -0.619. The first-order chi connectivity index (χ1) is 5.27. The summed E-state index contributed by atoms with van der Waals surface area (Å²) in [6.07, 6.45) is 3.18. The number of hydrogen-bond acceptors (Lipinski definition) is 2. The predicted octanol–water partition coefficient (Wildman–Crippen LogP) is 0.459. The third-order valence-electron chi connectivity index (χ3n) is 2.94. The zero-order chi connectivity index (χ0) is 7.84. The van der Waals surface area contributed by atoms with Gasteiger partial charge in [-0.15, -0.1) is 0 Å². The molecule has 2 bridgehead atoms. The highest BCUT2D eigenvalue weighted by Gasteiger charge is 2.38. The van der Waals surface area contributed by atoms with Crippen molar-refractivity contribution in [2.45, 2.75) is 25.3 Å². The van der Waals surface area contributed by atoms with Gasteiger partial charge in [-0.05, 0) is 31.7 Å². The number of carboxylic acids is 1. The molecule has 0 aromatic heterocycles. The second kappa shape index (κ2) is 2.48. The molecule has 1 saturated carbocycles. The zero-order valence-electron chi connectivity index (χ0n) is 6.42. The Hall–Kier alpha value is -0.570. The molecular weight excluding hydrogens is 142 g/mol. The largest absolute Gasteiger partial charge is 0.481 e. The number of rotatable bonds is 1. The van der Waals surface area contributed by atoms with Gasteiger partial charge in [-0.3, -0.25) is 4.79 Å². The maximum atomic E-state index is 10.7. The van der Waals surface area contributed by atoms with Crippen LogP contribution >= 0.6 is 0 Å². The summed E-state index contributed by atoms with van der Waals surface area (Å²) >= 11 is 0. The Morgan fingerprint density at radius 3 is 2.55 bits per heavy atom. The van der Waals surface area contributed by atoms with Crippen LogP contribution in [0.5, 0.6) is 0 Å². The Bertz CT molecular complexity index is 173. The van der Waals surface area contributed by atoms with Gasteiger partial charge in [-0.2, -0.15) is 0 Å². The van der Waals surface area contributed by atoms with Gasteiger partial charge in [0.1, 0.15) is 0 Å². The number of piperidine rings is 2. The van der Waals surface area contributed by atoms with Gasteiger partial charge in [-0.1, -0.05) is 0 Å². The molecule has 2 aliphatic heterocycles. The van der Waals surface area contributed by atoms with E-state index in [0.29, 0.717) is 5.92 Å². The molecule has 0 aromatic carbocycles. The molecule has 2 saturated heterocycles. The second-order valence-electron chi connectivity index (χ2n) is 3.64. The van der Waals surface area contributed by atoms with E-state index >= 15 is 0 Å². The first-order valence-corrected chi connectivity index (χ1v) is 4.23. The summed E-state index contributed by atoms with van der Waals surface area (Å²) in [5.74, 6) is -0.101. The van der Waals surface area contributed by atoms with Crippen molar-refractivity contribution >= 4 is 5.97 Å². The fraction of sp³-hybridized carbons (Fsp3) is 0.875. The molecule has 0 amide bonds. The van der Waals surface area contributed by atoms with E-state index in [2.05, 4.69) is 5.32 Å². The molecule has 0 spiro atoms. The third-order valence-corrected chi connectivity index (χ3v) is 2.94. The van der Waals surface area contributed by atoms with Gasteiger partial charge in [0.25, 0.3) is 0 Å². The van der Waals surface area contributed by atoms with Gasteiger partial charge in [0.2, 0.25) is 0 Å². The Balaban J connectivity index is 2.08. The third kappa shape index (κ3) is 1.13.